The first-order chi connectivity index (χ1) is 27.8. The van der Waals surface area contributed by atoms with Crippen LogP contribution in [-0.2, 0) is 28.5 Å². The number of carbonyl (C=O) groups is 2. The average Bonchev–Trinajstić information content (AvgIpc) is 3.21. The van der Waals surface area contributed by atoms with Crippen molar-refractivity contribution in [3.63, 3.8) is 0 Å². The number of esters is 2. The minimum atomic E-state index is -1.59. The summed E-state index contributed by atoms with van der Waals surface area (Å²) in [5.41, 5.74) is 0. The van der Waals surface area contributed by atoms with Crippen LogP contribution in [0.15, 0.2) is 24.3 Å². The molecule has 0 spiro atoms. The van der Waals surface area contributed by atoms with E-state index in [-0.39, 0.29) is 32.0 Å². The first-order valence-corrected chi connectivity index (χ1v) is 23.4. The van der Waals surface area contributed by atoms with E-state index in [0.717, 1.165) is 57.8 Å². The third-order valence-corrected chi connectivity index (χ3v) is 10.8. The van der Waals surface area contributed by atoms with Crippen LogP contribution in [0.25, 0.3) is 0 Å². The van der Waals surface area contributed by atoms with Gasteiger partial charge in [-0.05, 0) is 64.2 Å². The Labute approximate surface area is 347 Å². The molecule has 0 aromatic heterocycles. The molecular formula is C47H86O10. The molecule has 10 nitrogen and oxygen atoms in total. The van der Waals surface area contributed by atoms with Gasteiger partial charge in [-0.3, -0.25) is 9.59 Å². The minimum Gasteiger partial charge on any atom is -0.462 e. The number of rotatable bonds is 39. The molecule has 0 amide bonds. The van der Waals surface area contributed by atoms with Crippen LogP contribution in [-0.4, -0.2) is 89.0 Å². The van der Waals surface area contributed by atoms with Crippen LogP contribution in [0, 0.1) is 0 Å². The van der Waals surface area contributed by atoms with Crippen molar-refractivity contribution in [1.29, 1.82) is 0 Å². The topological polar surface area (TPSA) is 152 Å². The summed E-state index contributed by atoms with van der Waals surface area (Å²) < 4.78 is 22.2. The Bertz CT molecular complexity index is 985. The first kappa shape index (κ1) is 53.2. The van der Waals surface area contributed by atoms with Gasteiger partial charge in [0.2, 0.25) is 0 Å². The lowest BCUT2D eigenvalue weighted by Crippen LogP contribution is -2.59. The van der Waals surface area contributed by atoms with Crippen molar-refractivity contribution in [2.75, 3.05) is 19.8 Å². The smallest absolute Gasteiger partial charge is 0.306 e. The molecule has 6 atom stereocenters. The summed E-state index contributed by atoms with van der Waals surface area (Å²) in [5, 5.41) is 40.1. The van der Waals surface area contributed by atoms with Crippen molar-refractivity contribution in [2.45, 2.75) is 243 Å². The van der Waals surface area contributed by atoms with Crippen LogP contribution < -0.4 is 0 Å². The van der Waals surface area contributed by atoms with Crippen LogP contribution in [0.5, 0.6) is 0 Å². The molecule has 1 rings (SSSR count). The van der Waals surface area contributed by atoms with Crippen molar-refractivity contribution >= 4 is 11.9 Å². The van der Waals surface area contributed by atoms with E-state index in [4.69, 9.17) is 18.9 Å². The molecular weight excluding hydrogens is 725 g/mol. The third kappa shape index (κ3) is 30.0. The maximum Gasteiger partial charge on any atom is 0.306 e. The first-order valence-electron chi connectivity index (χ1n) is 23.4. The van der Waals surface area contributed by atoms with Crippen LogP contribution in [0.4, 0.5) is 0 Å². The zero-order valence-corrected chi connectivity index (χ0v) is 36.3. The van der Waals surface area contributed by atoms with E-state index in [9.17, 15) is 30.0 Å². The largest absolute Gasteiger partial charge is 0.462 e. The zero-order valence-electron chi connectivity index (χ0n) is 36.3. The molecule has 0 aromatic rings. The lowest BCUT2D eigenvalue weighted by atomic mass is 9.99. The van der Waals surface area contributed by atoms with Crippen LogP contribution in [0.2, 0.25) is 0 Å². The summed E-state index contributed by atoms with van der Waals surface area (Å²) in [5.74, 6) is -0.811. The second-order valence-corrected chi connectivity index (χ2v) is 16.2. The summed E-state index contributed by atoms with van der Waals surface area (Å²) in [6.45, 7) is 3.41. The fourth-order valence-corrected chi connectivity index (χ4v) is 7.06. The van der Waals surface area contributed by atoms with E-state index in [0.29, 0.717) is 6.42 Å². The van der Waals surface area contributed by atoms with E-state index in [1.54, 1.807) is 0 Å². The average molecular weight is 811 g/mol. The molecule has 1 aliphatic heterocycles. The highest BCUT2D eigenvalue weighted by atomic mass is 16.7. The molecule has 0 aromatic carbocycles. The SMILES string of the molecule is CCCCCC/C=C/CCCCCCCCCC(=O)OC[C@H](CO[C@@H]1O[C@H](CO)[C@H](O)C(O)C1O)OC(=O)CCCCCCCCC/C=C/CCCCCCCC. The van der Waals surface area contributed by atoms with Gasteiger partial charge in [0, 0.05) is 12.8 Å². The van der Waals surface area contributed by atoms with Crippen molar-refractivity contribution < 1.29 is 49.0 Å². The number of hydrogen-bond donors (Lipinski definition) is 4. The van der Waals surface area contributed by atoms with Crippen LogP contribution in [0.1, 0.15) is 206 Å². The number of allylic oxidation sites excluding steroid dienone is 4. The van der Waals surface area contributed by atoms with Gasteiger partial charge in [0.15, 0.2) is 12.4 Å². The second-order valence-electron chi connectivity index (χ2n) is 16.2. The maximum atomic E-state index is 12.8. The van der Waals surface area contributed by atoms with Crippen LogP contribution >= 0.6 is 0 Å². The highest BCUT2D eigenvalue weighted by molar-refractivity contribution is 5.70. The number of aliphatic hydroxyl groups is 4. The molecule has 0 bridgehead atoms. The molecule has 1 saturated heterocycles. The van der Waals surface area contributed by atoms with Gasteiger partial charge in [-0.2, -0.15) is 0 Å². The van der Waals surface area contributed by atoms with Gasteiger partial charge in [0.05, 0.1) is 13.2 Å². The number of unbranched alkanes of at least 4 members (excludes halogenated alkanes) is 24. The molecule has 334 valence electrons. The zero-order chi connectivity index (χ0) is 41.6. The molecule has 10 heteroatoms. The van der Waals surface area contributed by atoms with Gasteiger partial charge in [-0.25, -0.2) is 0 Å². The van der Waals surface area contributed by atoms with Crippen molar-refractivity contribution in [3.05, 3.63) is 24.3 Å². The predicted molar refractivity (Wildman–Crippen MR) is 229 cm³/mol. The molecule has 1 fully saturated rings. The van der Waals surface area contributed by atoms with Gasteiger partial charge >= 0.3 is 11.9 Å². The Hall–Kier alpha value is -1.82. The van der Waals surface area contributed by atoms with Gasteiger partial charge in [-0.1, -0.05) is 154 Å². The molecule has 1 aliphatic rings. The summed E-state index contributed by atoms with van der Waals surface area (Å²) in [7, 11) is 0. The summed E-state index contributed by atoms with van der Waals surface area (Å²) in [4.78, 5) is 25.3. The molecule has 1 heterocycles. The summed E-state index contributed by atoms with van der Waals surface area (Å²) >= 11 is 0. The van der Waals surface area contributed by atoms with Gasteiger partial charge < -0.3 is 39.4 Å². The number of hydrogen-bond acceptors (Lipinski definition) is 10. The summed E-state index contributed by atoms with van der Waals surface area (Å²) in [6.07, 6.45) is 34.6. The molecule has 0 radical (unpaired) electrons. The molecule has 4 N–H and O–H groups in total. The van der Waals surface area contributed by atoms with Crippen molar-refractivity contribution in [2.24, 2.45) is 0 Å². The molecule has 0 saturated carbocycles. The van der Waals surface area contributed by atoms with Crippen LogP contribution in [0.3, 0.4) is 0 Å². The van der Waals surface area contributed by atoms with Gasteiger partial charge in [-0.15, -0.1) is 0 Å². The maximum absolute atomic E-state index is 12.8. The number of carbonyl (C=O) groups excluding carboxylic acids is 2. The van der Waals surface area contributed by atoms with E-state index >= 15 is 0 Å². The van der Waals surface area contributed by atoms with E-state index in [1.165, 1.54) is 116 Å². The van der Waals surface area contributed by atoms with Crippen molar-refractivity contribution in [1.82, 2.24) is 0 Å². The quantitative estimate of drug-likeness (QED) is 0.0268. The normalized spacial score (nSPS) is 20.4. The fraction of sp³-hybridized carbons (Fsp3) is 0.872. The fourth-order valence-electron chi connectivity index (χ4n) is 7.06. The molecule has 57 heavy (non-hydrogen) atoms. The third-order valence-electron chi connectivity index (χ3n) is 10.8. The standard InChI is InChI=1S/C47H86O10/c1-3-5-7-9-11-13-15-17-19-20-22-24-26-28-30-32-34-36-43(50)56-40(39-55-47-46(53)45(52)44(51)41(37-48)57-47)38-54-42(49)35-33-31-29-27-25-23-21-18-16-14-12-10-8-6-4-2/h14,16-17,19,40-41,44-48,51-53H,3-13,15,18,20-39H2,1-2H3/b16-14+,19-17+/t40-,41-,44+,45?,46?,47-/m1/s1. The predicted octanol–water partition coefficient (Wildman–Crippen LogP) is 10.1. The Balaban J connectivity index is 2.31. The Morgan fingerprint density at radius 2 is 0.930 bits per heavy atom. The van der Waals surface area contributed by atoms with E-state index in [2.05, 4.69) is 38.2 Å². The highest BCUT2D eigenvalue weighted by Gasteiger charge is 2.44. The molecule has 2 unspecified atom stereocenters. The second kappa shape index (κ2) is 38.4. The van der Waals surface area contributed by atoms with Crippen molar-refractivity contribution in [3.8, 4) is 0 Å². The Morgan fingerprint density at radius 3 is 1.39 bits per heavy atom. The van der Waals surface area contributed by atoms with Gasteiger partial charge in [0.1, 0.15) is 31.0 Å². The molecule has 0 aliphatic carbocycles. The number of aliphatic hydroxyl groups excluding tert-OH is 4. The number of ether oxygens (including phenoxy) is 4. The van der Waals surface area contributed by atoms with E-state index < -0.39 is 49.4 Å². The Morgan fingerprint density at radius 1 is 0.526 bits per heavy atom. The summed E-state index contributed by atoms with van der Waals surface area (Å²) in [6, 6.07) is 0. The lowest BCUT2D eigenvalue weighted by Gasteiger charge is -2.39. The monoisotopic (exact) mass is 811 g/mol. The lowest BCUT2D eigenvalue weighted by molar-refractivity contribution is -0.305. The highest BCUT2D eigenvalue weighted by Crippen LogP contribution is 2.23. The van der Waals surface area contributed by atoms with E-state index in [1.807, 2.05) is 0 Å². The minimum absolute atomic E-state index is 0.219. The Kier molecular flexibility index (Phi) is 35.8. The van der Waals surface area contributed by atoms with Gasteiger partial charge in [0.25, 0.3) is 0 Å².